The molecular formula is C16H20F3N3O2S. The molecule has 2 N–H and O–H groups in total. The Morgan fingerprint density at radius 3 is 2.48 bits per heavy atom. The van der Waals surface area contributed by atoms with Crippen LogP contribution in [0.5, 0.6) is 0 Å². The summed E-state index contributed by atoms with van der Waals surface area (Å²) in [6.45, 7) is 6.68. The van der Waals surface area contributed by atoms with E-state index < -0.39 is 28.3 Å². The van der Waals surface area contributed by atoms with Gasteiger partial charge >= 0.3 is 6.18 Å². The van der Waals surface area contributed by atoms with E-state index in [4.69, 9.17) is 0 Å². The van der Waals surface area contributed by atoms with Crippen LogP contribution in [-0.2, 0) is 9.59 Å². The quantitative estimate of drug-likeness (QED) is 0.727. The number of carbonyl (C=O) groups is 2. The minimum atomic E-state index is -4.71. The largest absolute Gasteiger partial charge is 0.412 e. The normalized spacial score (nSPS) is 40.4. The summed E-state index contributed by atoms with van der Waals surface area (Å²) in [7, 11) is 1.53. The molecule has 2 amide bonds. The van der Waals surface area contributed by atoms with Crippen molar-refractivity contribution in [3.05, 3.63) is 12.2 Å². The van der Waals surface area contributed by atoms with E-state index in [0.717, 1.165) is 18.9 Å². The molecule has 0 aromatic rings. The molecule has 0 aromatic carbocycles. The fourth-order valence-corrected chi connectivity index (χ4v) is 5.05. The highest BCUT2D eigenvalue weighted by Gasteiger charge is 2.63. The minimum Gasteiger partial charge on any atom is -0.359 e. The third-order valence-corrected chi connectivity index (χ3v) is 7.05. The van der Waals surface area contributed by atoms with Crippen molar-refractivity contribution in [3.63, 3.8) is 0 Å². The summed E-state index contributed by atoms with van der Waals surface area (Å²) in [5, 5.41) is 5.54. The molecule has 1 aliphatic heterocycles. The van der Waals surface area contributed by atoms with Crippen LogP contribution < -0.4 is 10.6 Å². The first kappa shape index (κ1) is 18.3. The Bertz CT molecular complexity index is 693. The van der Waals surface area contributed by atoms with E-state index in [1.165, 1.54) is 7.05 Å². The van der Waals surface area contributed by atoms with Gasteiger partial charge < -0.3 is 10.6 Å². The van der Waals surface area contributed by atoms with E-state index in [0.29, 0.717) is 18.2 Å². The Kier molecular flexibility index (Phi) is 4.02. The molecule has 0 radical (unpaired) electrons. The van der Waals surface area contributed by atoms with Crippen LogP contribution >= 0.6 is 11.8 Å². The van der Waals surface area contributed by atoms with Gasteiger partial charge in [-0.15, -0.1) is 0 Å². The first-order valence-corrected chi connectivity index (χ1v) is 8.83. The van der Waals surface area contributed by atoms with Crippen LogP contribution in [0.1, 0.15) is 26.7 Å². The molecule has 3 saturated carbocycles. The smallest absolute Gasteiger partial charge is 0.359 e. The van der Waals surface area contributed by atoms with Gasteiger partial charge in [-0.1, -0.05) is 23.9 Å². The highest BCUT2D eigenvalue weighted by atomic mass is 32.2. The Labute approximate surface area is 147 Å². The third-order valence-electron chi connectivity index (χ3n) is 5.85. The Morgan fingerprint density at radius 1 is 1.36 bits per heavy atom. The number of amidine groups is 1. The lowest BCUT2D eigenvalue weighted by molar-refractivity contribution is -0.165. The van der Waals surface area contributed by atoms with E-state index in [2.05, 4.69) is 22.2 Å². The van der Waals surface area contributed by atoms with Crippen molar-refractivity contribution in [2.45, 2.75) is 43.2 Å². The maximum absolute atomic E-state index is 13.2. The summed E-state index contributed by atoms with van der Waals surface area (Å²) in [5.74, 6) is -1.60. The van der Waals surface area contributed by atoms with E-state index in [1.54, 1.807) is 6.92 Å². The summed E-state index contributed by atoms with van der Waals surface area (Å²) in [5.41, 5.74) is 0.179. The van der Waals surface area contributed by atoms with E-state index in [9.17, 15) is 22.8 Å². The second kappa shape index (κ2) is 5.49. The number of aliphatic imine (C=N–C) groups is 1. The number of nitrogens with one attached hydrogen (secondary N) is 2. The fourth-order valence-electron chi connectivity index (χ4n) is 4.01. The summed E-state index contributed by atoms with van der Waals surface area (Å²) in [6.07, 6.45) is -3.29. The topological polar surface area (TPSA) is 70.6 Å². The van der Waals surface area contributed by atoms with Gasteiger partial charge in [0.25, 0.3) is 5.91 Å². The first-order valence-electron chi connectivity index (χ1n) is 8.01. The molecule has 2 bridgehead atoms. The number of thioether (sulfide) groups is 1. The number of carbonyl (C=O) groups excluding carboxylic acids is 2. The molecule has 0 spiro atoms. The van der Waals surface area contributed by atoms with Crippen LogP contribution in [0.15, 0.2) is 17.1 Å². The SMILES string of the molecule is C=C1C2CC1C(C)(NC1=NC(=O)C(C)(C(F)(F)F)S1)C(C(=O)NC)C2. The Hall–Kier alpha value is -1.51. The minimum absolute atomic E-state index is 0.0373. The third kappa shape index (κ3) is 2.50. The lowest BCUT2D eigenvalue weighted by Crippen LogP contribution is -2.67. The summed E-state index contributed by atoms with van der Waals surface area (Å²) >= 11 is 0.365. The maximum Gasteiger partial charge on any atom is 0.412 e. The van der Waals surface area contributed by atoms with Gasteiger partial charge in [0.15, 0.2) is 9.91 Å². The zero-order valence-electron chi connectivity index (χ0n) is 14.2. The van der Waals surface area contributed by atoms with Gasteiger partial charge in [-0.05, 0) is 32.6 Å². The fraction of sp³-hybridized carbons (Fsp3) is 0.688. The van der Waals surface area contributed by atoms with Crippen molar-refractivity contribution in [2.75, 3.05) is 7.05 Å². The molecule has 9 heteroatoms. The standard InChI is InChI=1S/C16H20F3N3O2S/c1-7-8-5-9(7)14(2,10(6-8)11(23)20-4)22-13-21-12(24)15(3,25-13)16(17,18)19/h8-10H,1,5-6H2,2-4H3,(H,20,23)(H,21,22,24). The number of halogens is 3. The second-order valence-corrected chi connectivity index (χ2v) is 8.63. The van der Waals surface area contributed by atoms with Crippen molar-refractivity contribution in [2.24, 2.45) is 22.7 Å². The molecule has 25 heavy (non-hydrogen) atoms. The molecule has 4 aliphatic rings. The zero-order valence-corrected chi connectivity index (χ0v) is 15.0. The van der Waals surface area contributed by atoms with Crippen molar-refractivity contribution < 1.29 is 22.8 Å². The van der Waals surface area contributed by atoms with Gasteiger partial charge in [0.05, 0.1) is 11.5 Å². The monoisotopic (exact) mass is 375 g/mol. The molecule has 3 fully saturated rings. The number of alkyl halides is 3. The molecule has 3 aliphatic carbocycles. The van der Waals surface area contributed by atoms with Crippen molar-refractivity contribution >= 4 is 28.7 Å². The number of rotatable bonds is 2. The van der Waals surface area contributed by atoms with E-state index >= 15 is 0 Å². The molecule has 5 unspecified atom stereocenters. The van der Waals surface area contributed by atoms with Crippen LogP contribution in [0.4, 0.5) is 13.2 Å². The predicted octanol–water partition coefficient (Wildman–Crippen LogP) is 2.24. The highest BCUT2D eigenvalue weighted by molar-refractivity contribution is 8.16. The van der Waals surface area contributed by atoms with Gasteiger partial charge in [-0.2, -0.15) is 18.2 Å². The lowest BCUT2D eigenvalue weighted by Gasteiger charge is -2.58. The number of fused-ring (bicyclic) bond motifs is 2. The summed E-state index contributed by atoms with van der Waals surface area (Å²) in [6, 6.07) is 0. The van der Waals surface area contributed by atoms with Gasteiger partial charge in [0.2, 0.25) is 5.91 Å². The first-order chi connectivity index (χ1) is 11.4. The lowest BCUT2D eigenvalue weighted by atomic mass is 9.50. The molecule has 0 saturated heterocycles. The van der Waals surface area contributed by atoms with Crippen LogP contribution in [0.2, 0.25) is 0 Å². The van der Waals surface area contributed by atoms with Gasteiger partial charge in [0.1, 0.15) is 0 Å². The van der Waals surface area contributed by atoms with Crippen LogP contribution in [0, 0.1) is 17.8 Å². The molecule has 5 atom stereocenters. The van der Waals surface area contributed by atoms with Crippen molar-refractivity contribution in [1.29, 1.82) is 0 Å². The van der Waals surface area contributed by atoms with E-state index in [-0.39, 0.29) is 22.9 Å². The van der Waals surface area contributed by atoms with Crippen LogP contribution in [-0.4, -0.2) is 40.5 Å². The number of hydrogen-bond acceptors (Lipinski definition) is 4. The molecule has 0 aromatic heterocycles. The highest BCUT2D eigenvalue weighted by Crippen LogP contribution is 2.57. The van der Waals surface area contributed by atoms with E-state index in [1.807, 2.05) is 0 Å². The molecule has 138 valence electrons. The predicted molar refractivity (Wildman–Crippen MR) is 88.9 cm³/mol. The molecule has 4 rings (SSSR count). The molecule has 5 nitrogen and oxygen atoms in total. The molecular weight excluding hydrogens is 355 g/mol. The number of amides is 2. The summed E-state index contributed by atoms with van der Waals surface area (Å²) < 4.78 is 37.1. The molecule has 1 heterocycles. The van der Waals surface area contributed by atoms with Gasteiger partial charge in [-0.3, -0.25) is 9.59 Å². The maximum atomic E-state index is 13.2. The number of hydrogen-bond donors (Lipinski definition) is 2. The Morgan fingerprint density at radius 2 is 2.00 bits per heavy atom. The number of nitrogens with zero attached hydrogens (tertiary/aromatic N) is 1. The second-order valence-electron chi connectivity index (χ2n) is 7.23. The average molecular weight is 375 g/mol. The van der Waals surface area contributed by atoms with Crippen molar-refractivity contribution in [3.8, 4) is 0 Å². The Balaban J connectivity index is 1.87. The van der Waals surface area contributed by atoms with Gasteiger partial charge in [-0.25, -0.2) is 0 Å². The zero-order chi connectivity index (χ0) is 18.8. The average Bonchev–Trinajstić information content (AvgIpc) is 2.79. The summed E-state index contributed by atoms with van der Waals surface area (Å²) in [4.78, 5) is 27.8. The van der Waals surface area contributed by atoms with Crippen molar-refractivity contribution in [1.82, 2.24) is 10.6 Å². The van der Waals surface area contributed by atoms with Crippen LogP contribution in [0.3, 0.4) is 0 Å². The van der Waals surface area contributed by atoms with Crippen LogP contribution in [0.25, 0.3) is 0 Å². The van der Waals surface area contributed by atoms with Gasteiger partial charge in [0, 0.05) is 13.0 Å².